The predicted octanol–water partition coefficient (Wildman–Crippen LogP) is -0.663. The lowest BCUT2D eigenvalue weighted by Crippen LogP contribution is -2.57. The van der Waals surface area contributed by atoms with Gasteiger partial charge in [-0.1, -0.05) is 0 Å². The zero-order chi connectivity index (χ0) is 6.81. The molecule has 3 heteroatoms. The first-order valence-corrected chi connectivity index (χ1v) is 4.02. The van der Waals surface area contributed by atoms with Crippen molar-refractivity contribution >= 4 is 0 Å². The minimum atomic E-state index is 0.481. The molecular weight excluding hydrogens is 128 g/mol. The Morgan fingerprint density at radius 1 is 1.30 bits per heavy atom. The molecule has 0 spiro atoms. The van der Waals surface area contributed by atoms with Gasteiger partial charge in [0.15, 0.2) is 0 Å². The van der Waals surface area contributed by atoms with Crippen molar-refractivity contribution in [2.24, 2.45) is 0 Å². The Kier molecular flexibility index (Phi) is 1.88. The fourth-order valence-electron chi connectivity index (χ4n) is 1.69. The van der Waals surface area contributed by atoms with E-state index in [4.69, 9.17) is 4.74 Å². The Labute approximate surface area is 61.1 Å². The molecule has 3 nitrogen and oxygen atoms in total. The van der Waals surface area contributed by atoms with Gasteiger partial charge in [-0.25, -0.2) is 0 Å². The van der Waals surface area contributed by atoms with Gasteiger partial charge in [-0.05, 0) is 13.0 Å². The Morgan fingerprint density at radius 3 is 3.20 bits per heavy atom. The van der Waals surface area contributed by atoms with Crippen molar-refractivity contribution in [1.29, 1.82) is 0 Å². The number of piperidine rings is 1. The van der Waals surface area contributed by atoms with Crippen LogP contribution in [0.1, 0.15) is 6.42 Å². The van der Waals surface area contributed by atoms with Crippen LogP contribution in [0.4, 0.5) is 0 Å². The minimum absolute atomic E-state index is 0.481. The van der Waals surface area contributed by atoms with E-state index in [9.17, 15) is 0 Å². The highest BCUT2D eigenvalue weighted by Crippen LogP contribution is 2.10. The van der Waals surface area contributed by atoms with Crippen LogP contribution in [0.25, 0.3) is 0 Å². The summed E-state index contributed by atoms with van der Waals surface area (Å²) in [7, 11) is 0. The summed E-state index contributed by atoms with van der Waals surface area (Å²) in [5, 5.41) is 6.77. The highest BCUT2D eigenvalue weighted by atomic mass is 16.5. The van der Waals surface area contributed by atoms with E-state index >= 15 is 0 Å². The third-order valence-corrected chi connectivity index (χ3v) is 2.26. The first-order valence-electron chi connectivity index (χ1n) is 4.02. The molecule has 0 aliphatic carbocycles. The van der Waals surface area contributed by atoms with Crippen LogP contribution in [-0.4, -0.2) is 38.4 Å². The first-order chi connectivity index (χ1) is 4.97. The molecule has 2 aliphatic heterocycles. The van der Waals surface area contributed by atoms with Crippen LogP contribution < -0.4 is 10.6 Å². The first kappa shape index (κ1) is 6.58. The van der Waals surface area contributed by atoms with Crippen molar-refractivity contribution < 1.29 is 4.74 Å². The zero-order valence-electron chi connectivity index (χ0n) is 6.10. The normalized spacial score (nSPS) is 40.8. The van der Waals surface area contributed by atoms with Gasteiger partial charge in [-0.3, -0.25) is 0 Å². The van der Waals surface area contributed by atoms with Gasteiger partial charge in [0.05, 0.1) is 12.7 Å². The van der Waals surface area contributed by atoms with Gasteiger partial charge in [0.2, 0.25) is 0 Å². The molecular formula is C7H14N2O. The summed E-state index contributed by atoms with van der Waals surface area (Å²) in [6.07, 6.45) is 1.65. The fourth-order valence-corrected chi connectivity index (χ4v) is 1.69. The third kappa shape index (κ3) is 1.17. The number of morpholine rings is 1. The molecule has 0 aromatic carbocycles. The largest absolute Gasteiger partial charge is 0.375 e. The van der Waals surface area contributed by atoms with Crippen molar-refractivity contribution in [3.05, 3.63) is 0 Å². The maximum Gasteiger partial charge on any atom is 0.0753 e. The summed E-state index contributed by atoms with van der Waals surface area (Å²) in [4.78, 5) is 0. The lowest BCUT2D eigenvalue weighted by atomic mass is 10.0. The van der Waals surface area contributed by atoms with E-state index in [1.54, 1.807) is 0 Å². The second-order valence-electron chi connectivity index (χ2n) is 2.96. The second kappa shape index (κ2) is 2.86. The predicted molar refractivity (Wildman–Crippen MR) is 39.0 cm³/mol. The highest BCUT2D eigenvalue weighted by molar-refractivity contribution is 4.86. The van der Waals surface area contributed by atoms with Gasteiger partial charge >= 0.3 is 0 Å². The van der Waals surface area contributed by atoms with Gasteiger partial charge in [0.25, 0.3) is 0 Å². The molecule has 2 N–H and O–H groups in total. The van der Waals surface area contributed by atoms with E-state index in [1.807, 2.05) is 0 Å². The molecule has 10 heavy (non-hydrogen) atoms. The quantitative estimate of drug-likeness (QED) is 0.471. The van der Waals surface area contributed by atoms with Crippen molar-refractivity contribution in [3.8, 4) is 0 Å². The van der Waals surface area contributed by atoms with E-state index in [2.05, 4.69) is 10.6 Å². The summed E-state index contributed by atoms with van der Waals surface area (Å²) in [6.45, 7) is 4.09. The van der Waals surface area contributed by atoms with E-state index in [1.165, 1.54) is 0 Å². The standard InChI is InChI=1S/C7H14N2O/c1-2-8-5-6-7(1)10-4-3-9-6/h6-9H,1-5H2/t6-,7-/m1/s1. The minimum Gasteiger partial charge on any atom is -0.375 e. The number of rotatable bonds is 0. The Bertz CT molecular complexity index is 92.2. The molecule has 0 unspecified atom stereocenters. The average molecular weight is 142 g/mol. The molecule has 0 aromatic heterocycles. The molecule has 2 aliphatic rings. The molecule has 0 aromatic rings. The number of ether oxygens (including phenoxy) is 1. The molecule has 2 atom stereocenters. The van der Waals surface area contributed by atoms with Crippen molar-refractivity contribution in [3.63, 3.8) is 0 Å². The Morgan fingerprint density at radius 2 is 2.30 bits per heavy atom. The van der Waals surface area contributed by atoms with Crippen LogP contribution in [0, 0.1) is 0 Å². The van der Waals surface area contributed by atoms with E-state index < -0.39 is 0 Å². The average Bonchev–Trinajstić information content (AvgIpc) is 2.05. The number of hydrogen-bond donors (Lipinski definition) is 2. The maximum absolute atomic E-state index is 5.58. The molecule has 2 saturated heterocycles. The molecule has 58 valence electrons. The molecule has 2 fully saturated rings. The molecule has 2 rings (SSSR count). The van der Waals surface area contributed by atoms with E-state index in [0.29, 0.717) is 12.1 Å². The molecule has 0 amide bonds. The molecule has 0 radical (unpaired) electrons. The Balaban J connectivity index is 1.93. The Hall–Kier alpha value is -0.120. The van der Waals surface area contributed by atoms with E-state index in [0.717, 1.165) is 32.7 Å². The lowest BCUT2D eigenvalue weighted by Gasteiger charge is -2.36. The van der Waals surface area contributed by atoms with Gasteiger partial charge in [0, 0.05) is 19.1 Å². The molecule has 0 bridgehead atoms. The van der Waals surface area contributed by atoms with Gasteiger partial charge in [-0.15, -0.1) is 0 Å². The van der Waals surface area contributed by atoms with Crippen LogP contribution in [-0.2, 0) is 4.74 Å². The van der Waals surface area contributed by atoms with Crippen LogP contribution in [0.5, 0.6) is 0 Å². The maximum atomic E-state index is 5.58. The summed E-state index contributed by atoms with van der Waals surface area (Å²) >= 11 is 0. The molecule has 0 saturated carbocycles. The topological polar surface area (TPSA) is 33.3 Å². The fraction of sp³-hybridized carbons (Fsp3) is 1.00. The molecule has 2 heterocycles. The van der Waals surface area contributed by atoms with Crippen molar-refractivity contribution in [2.45, 2.75) is 18.6 Å². The van der Waals surface area contributed by atoms with Crippen molar-refractivity contribution in [2.75, 3.05) is 26.2 Å². The van der Waals surface area contributed by atoms with Crippen LogP contribution in [0.2, 0.25) is 0 Å². The highest BCUT2D eigenvalue weighted by Gasteiger charge is 2.27. The van der Waals surface area contributed by atoms with Crippen LogP contribution in [0.3, 0.4) is 0 Å². The van der Waals surface area contributed by atoms with Gasteiger partial charge < -0.3 is 15.4 Å². The van der Waals surface area contributed by atoms with E-state index in [-0.39, 0.29) is 0 Å². The summed E-state index contributed by atoms with van der Waals surface area (Å²) in [6, 6.07) is 0.572. The monoisotopic (exact) mass is 142 g/mol. The smallest absolute Gasteiger partial charge is 0.0753 e. The number of nitrogens with one attached hydrogen (secondary N) is 2. The van der Waals surface area contributed by atoms with Crippen LogP contribution in [0.15, 0.2) is 0 Å². The third-order valence-electron chi connectivity index (χ3n) is 2.26. The number of hydrogen-bond acceptors (Lipinski definition) is 3. The van der Waals surface area contributed by atoms with Gasteiger partial charge in [-0.2, -0.15) is 0 Å². The van der Waals surface area contributed by atoms with Gasteiger partial charge in [0.1, 0.15) is 0 Å². The number of fused-ring (bicyclic) bond motifs is 1. The summed E-state index contributed by atoms with van der Waals surface area (Å²) in [5.74, 6) is 0. The second-order valence-corrected chi connectivity index (χ2v) is 2.96. The van der Waals surface area contributed by atoms with Crippen molar-refractivity contribution in [1.82, 2.24) is 10.6 Å². The lowest BCUT2D eigenvalue weighted by molar-refractivity contribution is -0.0180. The zero-order valence-corrected chi connectivity index (χ0v) is 6.10. The summed E-state index contributed by atoms with van der Waals surface area (Å²) in [5.41, 5.74) is 0. The van der Waals surface area contributed by atoms with Crippen LogP contribution >= 0.6 is 0 Å². The SMILES string of the molecule is C1C[C@H]2OCCN[C@@H]2CN1. The summed E-state index contributed by atoms with van der Waals surface area (Å²) < 4.78 is 5.58.